The summed E-state index contributed by atoms with van der Waals surface area (Å²) in [6.07, 6.45) is 11.5. The minimum absolute atomic E-state index is 0.113. The van der Waals surface area contributed by atoms with Crippen molar-refractivity contribution in [1.82, 2.24) is 0 Å². The molecule has 3 nitrogen and oxygen atoms in total. The van der Waals surface area contributed by atoms with E-state index in [0.29, 0.717) is 15.9 Å². The van der Waals surface area contributed by atoms with Gasteiger partial charge in [-0.1, -0.05) is 0 Å². The van der Waals surface area contributed by atoms with Crippen molar-refractivity contribution in [3.63, 3.8) is 0 Å². The van der Waals surface area contributed by atoms with Gasteiger partial charge >= 0.3 is 249 Å². The molecule has 0 atom stereocenters. The van der Waals surface area contributed by atoms with E-state index in [4.69, 9.17) is 3.97 Å². The van der Waals surface area contributed by atoms with Crippen LogP contribution in [-0.2, 0) is 14.1 Å². The van der Waals surface area contributed by atoms with Gasteiger partial charge in [0.2, 0.25) is 0 Å². The van der Waals surface area contributed by atoms with Crippen molar-refractivity contribution in [2.45, 2.75) is 46.0 Å². The van der Waals surface area contributed by atoms with Crippen LogP contribution in [0.4, 0.5) is 13.2 Å². The second-order valence-electron chi connectivity index (χ2n) is 10.5. The van der Waals surface area contributed by atoms with Gasteiger partial charge in [0.25, 0.3) is 0 Å². The topological polar surface area (TPSA) is 43.4 Å². The molecule has 0 bridgehead atoms. The van der Waals surface area contributed by atoms with Gasteiger partial charge in [0, 0.05) is 0 Å². The van der Waals surface area contributed by atoms with Crippen LogP contribution in [0.3, 0.4) is 0 Å². The number of hydrogen-bond donors (Lipinski definition) is 0. The molecule has 0 aromatic heterocycles. The molecular weight excluding hydrogens is 576 g/mol. The molecule has 0 spiro atoms. The first-order valence-electron chi connectivity index (χ1n) is 13.7. The van der Waals surface area contributed by atoms with Gasteiger partial charge in [0.05, 0.1) is 0 Å². The molecule has 0 aliphatic heterocycles. The number of allylic oxidation sites excluding steroid dienone is 8. The van der Waals surface area contributed by atoms with Gasteiger partial charge < -0.3 is 0 Å². The first-order chi connectivity index (χ1) is 19.8. The Morgan fingerprint density at radius 3 is 1.62 bits per heavy atom. The normalized spacial score (nSPS) is 14.4. The number of benzene rings is 3. The van der Waals surface area contributed by atoms with Crippen LogP contribution in [0.5, 0.6) is 0 Å². The molecule has 0 radical (unpaired) electrons. The summed E-state index contributed by atoms with van der Waals surface area (Å²) in [6.45, 7) is 3.17. The Balaban J connectivity index is 2.29. The van der Waals surface area contributed by atoms with E-state index in [1.807, 2.05) is 32.1 Å². The second kappa shape index (κ2) is 13.8. The summed E-state index contributed by atoms with van der Waals surface area (Å²) in [5.41, 5.74) is -2.41. The third-order valence-electron chi connectivity index (χ3n) is 7.05. The Hall–Kier alpha value is -3.25. The zero-order valence-corrected chi connectivity index (χ0v) is 26.1. The first-order valence-corrected chi connectivity index (χ1v) is 17.4. The van der Waals surface area contributed by atoms with Gasteiger partial charge in [0.15, 0.2) is 0 Å². The number of alkyl halides is 3. The van der Waals surface area contributed by atoms with Gasteiger partial charge in [0.1, 0.15) is 0 Å². The Labute approximate surface area is 248 Å². The summed E-state index contributed by atoms with van der Waals surface area (Å²) < 4.78 is 74.3. The van der Waals surface area contributed by atoms with Crippen LogP contribution in [0.2, 0.25) is 0 Å². The molecule has 0 saturated heterocycles. The summed E-state index contributed by atoms with van der Waals surface area (Å²) in [5.74, 6) is 0. The van der Waals surface area contributed by atoms with Gasteiger partial charge in [-0.05, 0) is 0 Å². The predicted molar refractivity (Wildman–Crippen MR) is 171 cm³/mol. The maximum absolute atomic E-state index is 14.1. The monoisotopic (exact) mass is 614 g/mol. The van der Waals surface area contributed by atoms with Crippen LogP contribution < -0.4 is 15.9 Å². The van der Waals surface area contributed by atoms with Crippen LogP contribution in [0, 0.1) is 0 Å². The van der Waals surface area contributed by atoms with E-state index in [0.717, 1.165) is 18.4 Å². The van der Waals surface area contributed by atoms with Crippen LogP contribution in [0.25, 0.3) is 0 Å². The molecule has 42 heavy (non-hydrogen) atoms. The molecule has 0 aliphatic rings. The van der Waals surface area contributed by atoms with Crippen molar-refractivity contribution in [3.8, 4) is 0 Å². The summed E-state index contributed by atoms with van der Waals surface area (Å²) in [4.78, 5) is 0. The minimum atomic E-state index is -6.05. The van der Waals surface area contributed by atoms with Crippen molar-refractivity contribution < 1.29 is 25.6 Å². The average molecular weight is 615 g/mol. The number of halogens is 3. The van der Waals surface area contributed by atoms with Crippen LogP contribution in [0.1, 0.15) is 40.5 Å². The molecule has 0 saturated carbocycles. The van der Waals surface area contributed by atoms with E-state index < -0.39 is 22.5 Å². The van der Waals surface area contributed by atoms with Crippen LogP contribution in [0.15, 0.2) is 138 Å². The van der Waals surface area contributed by atoms with Crippen molar-refractivity contribution in [3.05, 3.63) is 138 Å². The molecule has 0 unspecified atom stereocenters. The van der Waals surface area contributed by atoms with Crippen molar-refractivity contribution >= 4 is 32.9 Å². The summed E-state index contributed by atoms with van der Waals surface area (Å²) >= 11 is 0. The molecular formula is C34H38F3O3PS. The summed E-state index contributed by atoms with van der Waals surface area (Å²) in [6, 6.07) is 25.2. The molecule has 0 amide bonds. The Morgan fingerprint density at radius 1 is 0.762 bits per heavy atom. The summed E-state index contributed by atoms with van der Waals surface area (Å²) in [5, 5.41) is 1.12. The quantitative estimate of drug-likeness (QED) is 0.0890. The molecule has 3 aromatic carbocycles. The number of rotatable bonds is 12. The molecule has 0 heterocycles. The molecule has 0 fully saturated rings. The molecule has 3 rings (SSSR count). The van der Waals surface area contributed by atoms with E-state index in [2.05, 4.69) is 19.9 Å². The van der Waals surface area contributed by atoms with Gasteiger partial charge in [-0.25, -0.2) is 0 Å². The Morgan fingerprint density at radius 2 is 1.21 bits per heavy atom. The molecule has 0 N–H and O–H groups in total. The fourth-order valence-corrected chi connectivity index (χ4v) is 12.8. The van der Waals surface area contributed by atoms with Crippen molar-refractivity contribution in [2.75, 3.05) is 6.16 Å². The summed E-state index contributed by atoms with van der Waals surface area (Å²) in [7, 11) is -6.05. The Kier molecular flexibility index (Phi) is 10.9. The van der Waals surface area contributed by atoms with E-state index in [9.17, 15) is 21.6 Å². The van der Waals surface area contributed by atoms with E-state index in [-0.39, 0.29) is 6.16 Å². The molecule has 224 valence electrons. The van der Waals surface area contributed by atoms with Gasteiger partial charge in [-0.15, -0.1) is 0 Å². The Bertz CT molecular complexity index is 1460. The van der Waals surface area contributed by atoms with Crippen molar-refractivity contribution in [1.29, 1.82) is 0 Å². The fraction of sp³-hybridized carbons (Fsp3) is 0.235. The molecule has 0 aliphatic carbocycles. The second-order valence-corrected chi connectivity index (χ2v) is 16.8. The predicted octanol–water partition coefficient (Wildman–Crippen LogP) is 8.49. The standard InChI is InChI=1S/C34H38F3O3PS/c1-28(2)16-14-17-29(3)18-15-19-30(4)26-27-41(31-20-8-5-9-21-31,32-22-10-6-11-23-32,33-24-12-7-13-25-33)40-42(38,39)34(35,36)37/h5-13,15-16,18-26H,14,17,27H2,1-4H3/b19-15+,29-18+,30-26+. The van der Waals surface area contributed by atoms with Gasteiger partial charge in [-0.3, -0.25) is 0 Å². The van der Waals surface area contributed by atoms with Crippen molar-refractivity contribution in [2.24, 2.45) is 0 Å². The zero-order valence-electron chi connectivity index (χ0n) is 24.4. The van der Waals surface area contributed by atoms with E-state index in [1.54, 1.807) is 97.1 Å². The maximum atomic E-state index is 14.1. The zero-order chi connectivity index (χ0) is 30.9. The molecule has 3 aromatic rings. The average Bonchev–Trinajstić information content (AvgIpc) is 2.96. The molecule has 8 heteroatoms. The first kappa shape index (κ1) is 33.3. The third kappa shape index (κ3) is 7.38. The fourth-order valence-electron chi connectivity index (χ4n) is 4.83. The number of hydrogen-bond acceptors (Lipinski definition) is 3. The third-order valence-corrected chi connectivity index (χ3v) is 14.8. The SMILES string of the molecule is CC(C)=CCC/C(C)=C/C=C/C(C)=C/CP(OS(=O)(=O)C(F)(F)F)(c1ccccc1)(c1ccccc1)c1ccccc1. The van der Waals surface area contributed by atoms with E-state index >= 15 is 0 Å². The van der Waals surface area contributed by atoms with E-state index in [1.165, 1.54) is 11.1 Å². The van der Waals surface area contributed by atoms with Crippen LogP contribution in [-0.4, -0.2) is 20.1 Å². The van der Waals surface area contributed by atoms with Gasteiger partial charge in [-0.2, -0.15) is 0 Å². The van der Waals surface area contributed by atoms with Crippen LogP contribution >= 0.6 is 6.83 Å².